The molecule has 2 rings (SSSR count). The molecule has 0 aromatic carbocycles. The molecule has 1 aromatic heterocycles. The molecule has 18 heavy (non-hydrogen) atoms. The van der Waals surface area contributed by atoms with Crippen molar-refractivity contribution in [1.82, 2.24) is 9.97 Å². The van der Waals surface area contributed by atoms with Gasteiger partial charge >= 0.3 is 0 Å². The van der Waals surface area contributed by atoms with Gasteiger partial charge in [-0.1, -0.05) is 11.6 Å². The van der Waals surface area contributed by atoms with E-state index in [0.717, 1.165) is 38.3 Å². The van der Waals surface area contributed by atoms with Gasteiger partial charge in [-0.25, -0.2) is 4.98 Å². The van der Waals surface area contributed by atoms with Crippen LogP contribution >= 0.6 is 11.6 Å². The van der Waals surface area contributed by atoms with E-state index in [2.05, 4.69) is 20.2 Å². The fourth-order valence-electron chi connectivity index (χ4n) is 2.23. The van der Waals surface area contributed by atoms with E-state index in [9.17, 15) is 5.11 Å². The molecule has 0 radical (unpaired) electrons. The molecular weight excluding hydrogens is 252 g/mol. The summed E-state index contributed by atoms with van der Waals surface area (Å²) >= 11 is 6.16. The molecular formula is C12H19ClN4O. The van der Waals surface area contributed by atoms with Gasteiger partial charge in [0.05, 0.1) is 6.20 Å². The van der Waals surface area contributed by atoms with Crippen LogP contribution in [-0.4, -0.2) is 41.3 Å². The number of nitrogens with one attached hydrogen (secondary N) is 1. The largest absolute Gasteiger partial charge is 0.396 e. The molecule has 1 saturated heterocycles. The standard InChI is InChI=1S/C12H19ClN4O/c1-2-14-12-15-6-10(13)11(16-12)17-5-3-4-9(7-17)8-18/h6,9,18H,2-5,7-8H2,1H3,(H,14,15,16). The van der Waals surface area contributed by atoms with Crippen LogP contribution in [0.1, 0.15) is 19.8 Å². The number of aromatic nitrogens is 2. The minimum absolute atomic E-state index is 0.221. The first-order chi connectivity index (χ1) is 8.74. The smallest absolute Gasteiger partial charge is 0.224 e. The van der Waals surface area contributed by atoms with Gasteiger partial charge in [-0.05, 0) is 25.7 Å². The summed E-state index contributed by atoms with van der Waals surface area (Å²) in [4.78, 5) is 10.7. The third-order valence-electron chi connectivity index (χ3n) is 3.14. The summed E-state index contributed by atoms with van der Waals surface area (Å²) in [6.07, 6.45) is 3.75. The number of piperidine rings is 1. The Kier molecular flexibility index (Phi) is 4.60. The molecule has 5 nitrogen and oxygen atoms in total. The SMILES string of the molecule is CCNc1ncc(Cl)c(N2CCCC(CO)C2)n1. The molecule has 1 aromatic rings. The highest BCUT2D eigenvalue weighted by atomic mass is 35.5. The molecule has 1 aliphatic rings. The van der Waals surface area contributed by atoms with E-state index in [1.165, 1.54) is 0 Å². The van der Waals surface area contributed by atoms with Gasteiger partial charge < -0.3 is 15.3 Å². The van der Waals surface area contributed by atoms with Crippen molar-refractivity contribution in [3.8, 4) is 0 Å². The molecule has 0 aliphatic carbocycles. The lowest BCUT2D eigenvalue weighted by atomic mass is 9.99. The van der Waals surface area contributed by atoms with Crippen molar-refractivity contribution in [2.24, 2.45) is 5.92 Å². The van der Waals surface area contributed by atoms with E-state index in [1.807, 2.05) is 6.92 Å². The van der Waals surface area contributed by atoms with Crippen LogP contribution in [0, 0.1) is 5.92 Å². The van der Waals surface area contributed by atoms with Gasteiger partial charge in [-0.2, -0.15) is 4.98 Å². The zero-order valence-electron chi connectivity index (χ0n) is 10.6. The maximum absolute atomic E-state index is 9.26. The summed E-state index contributed by atoms with van der Waals surface area (Å²) in [5.74, 6) is 1.68. The second-order valence-electron chi connectivity index (χ2n) is 4.53. The van der Waals surface area contributed by atoms with Crippen LogP contribution in [0.5, 0.6) is 0 Å². The fraction of sp³-hybridized carbons (Fsp3) is 0.667. The summed E-state index contributed by atoms with van der Waals surface area (Å²) in [5, 5.41) is 12.9. The predicted molar refractivity (Wildman–Crippen MR) is 73.2 cm³/mol. The Morgan fingerprint density at radius 3 is 3.17 bits per heavy atom. The van der Waals surface area contributed by atoms with Crippen molar-refractivity contribution < 1.29 is 5.11 Å². The van der Waals surface area contributed by atoms with Crippen LogP contribution in [0.25, 0.3) is 0 Å². The lowest BCUT2D eigenvalue weighted by molar-refractivity contribution is 0.208. The van der Waals surface area contributed by atoms with Crippen LogP contribution in [0.3, 0.4) is 0 Å². The Morgan fingerprint density at radius 1 is 1.61 bits per heavy atom. The van der Waals surface area contributed by atoms with E-state index >= 15 is 0 Å². The summed E-state index contributed by atoms with van der Waals surface area (Å²) in [5.41, 5.74) is 0. The molecule has 6 heteroatoms. The molecule has 0 bridgehead atoms. The average Bonchev–Trinajstić information content (AvgIpc) is 2.41. The van der Waals surface area contributed by atoms with Crippen LogP contribution < -0.4 is 10.2 Å². The molecule has 2 heterocycles. The fourth-order valence-corrected chi connectivity index (χ4v) is 2.44. The zero-order chi connectivity index (χ0) is 13.0. The van der Waals surface area contributed by atoms with Crippen molar-refractivity contribution >= 4 is 23.4 Å². The van der Waals surface area contributed by atoms with E-state index in [4.69, 9.17) is 11.6 Å². The van der Waals surface area contributed by atoms with Gasteiger partial charge in [-0.3, -0.25) is 0 Å². The molecule has 100 valence electrons. The number of aliphatic hydroxyl groups excluding tert-OH is 1. The van der Waals surface area contributed by atoms with E-state index < -0.39 is 0 Å². The summed E-state index contributed by atoms with van der Waals surface area (Å²) in [6, 6.07) is 0. The topological polar surface area (TPSA) is 61.3 Å². The van der Waals surface area contributed by atoms with E-state index in [1.54, 1.807) is 6.20 Å². The maximum Gasteiger partial charge on any atom is 0.224 e. The third-order valence-corrected chi connectivity index (χ3v) is 3.40. The lowest BCUT2D eigenvalue weighted by Crippen LogP contribution is -2.37. The Balaban J connectivity index is 2.17. The second-order valence-corrected chi connectivity index (χ2v) is 4.94. The minimum Gasteiger partial charge on any atom is -0.396 e. The number of nitrogens with zero attached hydrogens (tertiary/aromatic N) is 3. The first-order valence-electron chi connectivity index (χ1n) is 6.36. The first-order valence-corrected chi connectivity index (χ1v) is 6.74. The number of hydrogen-bond acceptors (Lipinski definition) is 5. The van der Waals surface area contributed by atoms with Crippen molar-refractivity contribution in [2.75, 3.05) is 36.5 Å². The number of hydrogen-bond donors (Lipinski definition) is 2. The van der Waals surface area contributed by atoms with Gasteiger partial charge in [0.2, 0.25) is 5.95 Å². The molecule has 2 N–H and O–H groups in total. The van der Waals surface area contributed by atoms with Crippen LogP contribution in [0.4, 0.5) is 11.8 Å². The quantitative estimate of drug-likeness (QED) is 0.873. The molecule has 1 unspecified atom stereocenters. The zero-order valence-corrected chi connectivity index (χ0v) is 11.3. The average molecular weight is 271 g/mol. The summed E-state index contributed by atoms with van der Waals surface area (Å²) in [6.45, 7) is 4.73. The van der Waals surface area contributed by atoms with Crippen molar-refractivity contribution in [3.05, 3.63) is 11.2 Å². The van der Waals surface area contributed by atoms with Gasteiger partial charge in [0.25, 0.3) is 0 Å². The number of rotatable bonds is 4. The normalized spacial score (nSPS) is 19.9. The van der Waals surface area contributed by atoms with Gasteiger partial charge in [0.15, 0.2) is 5.82 Å². The Morgan fingerprint density at radius 2 is 2.44 bits per heavy atom. The Hall–Kier alpha value is -1.07. The second kappa shape index (κ2) is 6.20. The monoisotopic (exact) mass is 270 g/mol. The summed E-state index contributed by atoms with van der Waals surface area (Å²) < 4.78 is 0. The Labute approximate surface area is 112 Å². The molecule has 0 spiro atoms. The van der Waals surface area contributed by atoms with Crippen molar-refractivity contribution in [3.63, 3.8) is 0 Å². The molecule has 0 amide bonds. The van der Waals surface area contributed by atoms with Crippen LogP contribution in [0.15, 0.2) is 6.20 Å². The first kappa shape index (κ1) is 13.4. The van der Waals surface area contributed by atoms with E-state index in [-0.39, 0.29) is 6.61 Å². The highest BCUT2D eigenvalue weighted by Crippen LogP contribution is 2.28. The number of aliphatic hydroxyl groups is 1. The lowest BCUT2D eigenvalue weighted by Gasteiger charge is -2.33. The molecule has 0 saturated carbocycles. The Bertz CT molecular complexity index is 402. The number of halogens is 1. The predicted octanol–water partition coefficient (Wildman–Crippen LogP) is 1.77. The van der Waals surface area contributed by atoms with Gasteiger partial charge in [0.1, 0.15) is 5.02 Å². The van der Waals surface area contributed by atoms with Crippen molar-refractivity contribution in [2.45, 2.75) is 19.8 Å². The highest BCUT2D eigenvalue weighted by Gasteiger charge is 2.22. The molecule has 1 aliphatic heterocycles. The summed E-state index contributed by atoms with van der Waals surface area (Å²) in [7, 11) is 0. The minimum atomic E-state index is 0.221. The molecule has 1 atom stereocenters. The molecule has 1 fully saturated rings. The van der Waals surface area contributed by atoms with Crippen molar-refractivity contribution in [1.29, 1.82) is 0 Å². The highest BCUT2D eigenvalue weighted by molar-refractivity contribution is 6.32. The maximum atomic E-state index is 9.26. The van der Waals surface area contributed by atoms with Gasteiger partial charge in [0, 0.05) is 26.2 Å². The van der Waals surface area contributed by atoms with Crippen LogP contribution in [-0.2, 0) is 0 Å². The number of anilines is 2. The van der Waals surface area contributed by atoms with Crippen LogP contribution in [0.2, 0.25) is 5.02 Å². The van der Waals surface area contributed by atoms with E-state index in [0.29, 0.717) is 16.9 Å². The third kappa shape index (κ3) is 3.03. The van der Waals surface area contributed by atoms with Gasteiger partial charge in [-0.15, -0.1) is 0 Å².